The van der Waals surface area contributed by atoms with Gasteiger partial charge in [-0.2, -0.15) is 0 Å². The molecule has 2 unspecified atom stereocenters. The fourth-order valence-corrected chi connectivity index (χ4v) is 4.26. The lowest BCUT2D eigenvalue weighted by Gasteiger charge is -2.63. The number of rotatable bonds is 4. The van der Waals surface area contributed by atoms with Gasteiger partial charge in [0.1, 0.15) is 0 Å². The van der Waals surface area contributed by atoms with E-state index in [9.17, 15) is 0 Å². The first-order chi connectivity index (χ1) is 11.2. The average Bonchev–Trinajstić information content (AvgIpc) is 2.53. The van der Waals surface area contributed by atoms with Crippen LogP contribution in [0.2, 0.25) is 0 Å². The second kappa shape index (κ2) is 8.09. The zero-order chi connectivity index (χ0) is 15.9. The third-order valence-electron chi connectivity index (χ3n) is 5.81. The molecule has 1 spiro atoms. The van der Waals surface area contributed by atoms with Gasteiger partial charge in [0.2, 0.25) is 0 Å². The second-order valence-corrected chi connectivity index (χ2v) is 7.48. The average molecular weight is 379 g/mol. The maximum atomic E-state index is 2.62. The minimum atomic E-state index is 0. The zero-order valence-electron chi connectivity index (χ0n) is 15.0. The molecular weight excluding hydrogens is 351 g/mol. The monoisotopic (exact) mass is 378 g/mol. The van der Waals surface area contributed by atoms with E-state index in [1.807, 2.05) is 0 Å². The van der Waals surface area contributed by atoms with Gasteiger partial charge in [-0.3, -0.25) is 9.80 Å². The summed E-state index contributed by atoms with van der Waals surface area (Å²) in [6.07, 6.45) is 0. The van der Waals surface area contributed by atoms with Gasteiger partial charge in [0.15, 0.2) is 0 Å². The molecule has 25 heavy (non-hydrogen) atoms. The van der Waals surface area contributed by atoms with Crippen molar-refractivity contribution in [3.8, 4) is 0 Å². The fraction of sp³-hybridized carbons (Fsp3) is 0.429. The molecule has 2 aromatic rings. The van der Waals surface area contributed by atoms with E-state index in [1.54, 1.807) is 0 Å². The Hall–Kier alpha value is -1.06. The molecule has 0 saturated carbocycles. The van der Waals surface area contributed by atoms with E-state index in [1.165, 1.54) is 37.3 Å². The van der Waals surface area contributed by atoms with Gasteiger partial charge in [-0.05, 0) is 25.0 Å². The van der Waals surface area contributed by atoms with Crippen molar-refractivity contribution in [3.63, 3.8) is 0 Å². The number of benzene rings is 2. The van der Waals surface area contributed by atoms with Crippen molar-refractivity contribution in [1.29, 1.82) is 0 Å². The molecular formula is C21H28Cl2N2. The first-order valence-electron chi connectivity index (χ1n) is 8.75. The Bertz CT molecular complexity index is 587. The highest BCUT2D eigenvalue weighted by Crippen LogP contribution is 2.46. The summed E-state index contributed by atoms with van der Waals surface area (Å²) in [6.45, 7) is 9.68. The molecule has 2 heterocycles. The van der Waals surface area contributed by atoms with Gasteiger partial charge in [-0.15, -0.1) is 24.8 Å². The minimum Gasteiger partial charge on any atom is -0.295 e. The summed E-state index contributed by atoms with van der Waals surface area (Å²) < 4.78 is 0. The van der Waals surface area contributed by atoms with Crippen molar-refractivity contribution in [2.75, 3.05) is 26.2 Å². The molecule has 2 aliphatic rings. The highest BCUT2D eigenvalue weighted by atomic mass is 35.5. The highest BCUT2D eigenvalue weighted by molar-refractivity contribution is 5.85. The molecule has 0 aliphatic carbocycles. The van der Waals surface area contributed by atoms with E-state index in [0.29, 0.717) is 17.5 Å². The van der Waals surface area contributed by atoms with E-state index in [0.717, 1.165) is 0 Å². The van der Waals surface area contributed by atoms with E-state index < -0.39 is 0 Å². The predicted octanol–water partition coefficient (Wildman–Crippen LogP) is 4.97. The summed E-state index contributed by atoms with van der Waals surface area (Å²) >= 11 is 0. The maximum absolute atomic E-state index is 2.62. The van der Waals surface area contributed by atoms with Gasteiger partial charge in [0.25, 0.3) is 0 Å². The van der Waals surface area contributed by atoms with Gasteiger partial charge in [0.05, 0.1) is 0 Å². The number of halogens is 2. The third-order valence-corrected chi connectivity index (χ3v) is 5.81. The molecule has 4 heteroatoms. The molecule has 0 N–H and O–H groups in total. The Morgan fingerprint density at radius 1 is 0.640 bits per heavy atom. The summed E-state index contributed by atoms with van der Waals surface area (Å²) in [6, 6.07) is 22.9. The molecule has 0 radical (unpaired) electrons. The van der Waals surface area contributed by atoms with Crippen LogP contribution in [0.3, 0.4) is 0 Å². The summed E-state index contributed by atoms with van der Waals surface area (Å²) in [5.74, 6) is 0. The molecule has 2 aliphatic heterocycles. The Morgan fingerprint density at radius 3 is 1.28 bits per heavy atom. The van der Waals surface area contributed by atoms with Crippen LogP contribution in [0.4, 0.5) is 0 Å². The minimum absolute atomic E-state index is 0. The van der Waals surface area contributed by atoms with E-state index in [-0.39, 0.29) is 24.8 Å². The topological polar surface area (TPSA) is 6.48 Å². The van der Waals surface area contributed by atoms with Crippen LogP contribution in [-0.4, -0.2) is 36.0 Å². The van der Waals surface area contributed by atoms with Gasteiger partial charge in [0, 0.05) is 43.7 Å². The lowest BCUT2D eigenvalue weighted by molar-refractivity contribution is -0.141. The van der Waals surface area contributed by atoms with Crippen LogP contribution in [0, 0.1) is 5.41 Å². The van der Waals surface area contributed by atoms with E-state index >= 15 is 0 Å². The smallest absolute Gasteiger partial charge is 0.0320 e. The van der Waals surface area contributed by atoms with Crippen molar-refractivity contribution >= 4 is 24.8 Å². The van der Waals surface area contributed by atoms with Crippen molar-refractivity contribution < 1.29 is 0 Å². The molecule has 2 nitrogen and oxygen atoms in total. The van der Waals surface area contributed by atoms with Gasteiger partial charge >= 0.3 is 0 Å². The largest absolute Gasteiger partial charge is 0.295 e. The number of likely N-dealkylation sites (tertiary alicyclic amines) is 2. The van der Waals surface area contributed by atoms with E-state index in [2.05, 4.69) is 84.3 Å². The lowest BCUT2D eigenvalue weighted by atomic mass is 9.71. The highest BCUT2D eigenvalue weighted by Gasteiger charge is 2.53. The van der Waals surface area contributed by atoms with Crippen LogP contribution in [0.5, 0.6) is 0 Å². The standard InChI is InChI=1S/C21H26N2.2ClH/c1-17(19-9-5-3-6-10-19)22-13-21(14-22)15-23(16-21)18(2)20-11-7-4-8-12-20;;/h3-12,17-18H,13-16H2,1-2H3;2*1H. The predicted molar refractivity (Wildman–Crippen MR) is 110 cm³/mol. The van der Waals surface area contributed by atoms with Gasteiger partial charge < -0.3 is 0 Å². The molecule has 136 valence electrons. The van der Waals surface area contributed by atoms with Crippen molar-refractivity contribution in [3.05, 3.63) is 71.8 Å². The first kappa shape index (κ1) is 20.3. The number of hydrogen-bond acceptors (Lipinski definition) is 2. The van der Waals surface area contributed by atoms with Gasteiger partial charge in [-0.25, -0.2) is 0 Å². The second-order valence-electron chi connectivity index (χ2n) is 7.48. The summed E-state index contributed by atoms with van der Waals surface area (Å²) in [7, 11) is 0. The number of nitrogens with zero attached hydrogens (tertiary/aromatic N) is 2. The van der Waals surface area contributed by atoms with Crippen LogP contribution >= 0.6 is 24.8 Å². The summed E-state index contributed by atoms with van der Waals surface area (Å²) in [5.41, 5.74) is 3.44. The molecule has 0 aromatic heterocycles. The molecule has 4 rings (SSSR count). The Labute approximate surface area is 164 Å². The quantitative estimate of drug-likeness (QED) is 0.740. The van der Waals surface area contributed by atoms with Crippen molar-refractivity contribution in [2.24, 2.45) is 5.41 Å². The third kappa shape index (κ3) is 3.88. The molecule has 0 amide bonds. The van der Waals surface area contributed by atoms with Crippen LogP contribution in [0.25, 0.3) is 0 Å². The van der Waals surface area contributed by atoms with Crippen LogP contribution < -0.4 is 0 Å². The maximum Gasteiger partial charge on any atom is 0.0320 e. The SMILES string of the molecule is CC(c1ccccc1)N1CC2(C1)CN(C(C)c1ccccc1)C2.Cl.Cl. The molecule has 2 fully saturated rings. The fourth-order valence-electron chi connectivity index (χ4n) is 4.26. The molecule has 2 atom stereocenters. The van der Waals surface area contributed by atoms with Gasteiger partial charge in [-0.1, -0.05) is 60.7 Å². The Balaban J connectivity index is 0.00000113. The number of hydrogen-bond donors (Lipinski definition) is 0. The lowest BCUT2D eigenvalue weighted by Crippen LogP contribution is -2.72. The normalized spacial score (nSPS) is 21.2. The Kier molecular flexibility index (Phi) is 6.56. The summed E-state index contributed by atoms with van der Waals surface area (Å²) in [5, 5.41) is 0. The molecule has 2 aromatic carbocycles. The van der Waals surface area contributed by atoms with Crippen LogP contribution in [0.1, 0.15) is 37.1 Å². The Morgan fingerprint density at radius 2 is 0.960 bits per heavy atom. The molecule has 2 saturated heterocycles. The van der Waals surface area contributed by atoms with Crippen molar-refractivity contribution in [2.45, 2.75) is 25.9 Å². The first-order valence-corrected chi connectivity index (χ1v) is 8.75. The van der Waals surface area contributed by atoms with Crippen LogP contribution in [-0.2, 0) is 0 Å². The molecule has 0 bridgehead atoms. The van der Waals surface area contributed by atoms with E-state index in [4.69, 9.17) is 0 Å². The summed E-state index contributed by atoms with van der Waals surface area (Å²) in [4.78, 5) is 5.25. The zero-order valence-corrected chi connectivity index (χ0v) is 16.6. The van der Waals surface area contributed by atoms with Crippen LogP contribution in [0.15, 0.2) is 60.7 Å². The van der Waals surface area contributed by atoms with Crippen molar-refractivity contribution in [1.82, 2.24) is 9.80 Å².